The molecule has 1 N–H and O–H groups in total. The molecule has 3 saturated carbocycles. The van der Waals surface area contributed by atoms with E-state index in [0.29, 0.717) is 41.8 Å². The summed E-state index contributed by atoms with van der Waals surface area (Å²) in [6.45, 7) is 6.56. The molecule has 2 nitrogen and oxygen atoms in total. The molecular formula is C28H36O2. The van der Waals surface area contributed by atoms with Crippen molar-refractivity contribution < 1.29 is 9.90 Å². The molecule has 1 aromatic rings. The minimum absolute atomic E-state index is 0.0814. The van der Waals surface area contributed by atoms with Crippen LogP contribution in [0.25, 0.3) is 0 Å². The number of aryl methyl sites for hydroxylation is 1. The van der Waals surface area contributed by atoms with Gasteiger partial charge in [0.15, 0.2) is 5.78 Å². The van der Waals surface area contributed by atoms with Crippen LogP contribution in [0.3, 0.4) is 0 Å². The first-order valence-electron chi connectivity index (χ1n) is 12.0. The molecule has 5 rings (SSSR count). The predicted octanol–water partition coefficient (Wildman–Crippen LogP) is 6.14. The van der Waals surface area contributed by atoms with Gasteiger partial charge in [-0.05, 0) is 93.6 Å². The summed E-state index contributed by atoms with van der Waals surface area (Å²) >= 11 is 0. The van der Waals surface area contributed by atoms with E-state index >= 15 is 0 Å². The van der Waals surface area contributed by atoms with E-state index in [9.17, 15) is 9.90 Å². The number of benzene rings is 1. The molecule has 0 aromatic heterocycles. The highest BCUT2D eigenvalue weighted by Gasteiger charge is 2.63. The summed E-state index contributed by atoms with van der Waals surface area (Å²) < 4.78 is 0. The van der Waals surface area contributed by atoms with Crippen molar-refractivity contribution in [2.45, 2.75) is 77.2 Å². The van der Waals surface area contributed by atoms with Crippen LogP contribution in [0, 0.1) is 36.0 Å². The summed E-state index contributed by atoms with van der Waals surface area (Å²) in [6, 6.07) is 9.15. The Labute approximate surface area is 181 Å². The van der Waals surface area contributed by atoms with E-state index in [0.717, 1.165) is 32.1 Å². The molecule has 0 unspecified atom stereocenters. The highest BCUT2D eigenvalue weighted by Crippen LogP contribution is 2.68. The number of hydrogen-bond acceptors (Lipinski definition) is 2. The van der Waals surface area contributed by atoms with Crippen LogP contribution in [0.15, 0.2) is 48.1 Å². The monoisotopic (exact) mass is 404 g/mol. The largest absolute Gasteiger partial charge is 0.385 e. The fourth-order valence-corrected chi connectivity index (χ4v) is 8.05. The second-order valence-electron chi connectivity index (χ2n) is 10.8. The molecular weight excluding hydrogens is 368 g/mol. The average Bonchev–Trinajstić information content (AvgIpc) is 2.98. The van der Waals surface area contributed by atoms with Crippen LogP contribution in [0.5, 0.6) is 0 Å². The fourth-order valence-electron chi connectivity index (χ4n) is 8.05. The number of carbonyl (C=O) groups excluding carboxylic acids is 1. The smallest absolute Gasteiger partial charge is 0.155 e. The normalized spacial score (nSPS) is 43.1. The zero-order valence-electron chi connectivity index (χ0n) is 18.7. The van der Waals surface area contributed by atoms with Crippen molar-refractivity contribution in [2.75, 3.05) is 0 Å². The number of fused-ring (bicyclic) bond motifs is 5. The van der Waals surface area contributed by atoms with Gasteiger partial charge in [-0.25, -0.2) is 0 Å². The van der Waals surface area contributed by atoms with Crippen molar-refractivity contribution >= 4 is 5.78 Å². The second-order valence-corrected chi connectivity index (χ2v) is 10.8. The van der Waals surface area contributed by atoms with Gasteiger partial charge >= 0.3 is 0 Å². The van der Waals surface area contributed by atoms with Gasteiger partial charge in [-0.3, -0.25) is 4.79 Å². The van der Waals surface area contributed by atoms with Gasteiger partial charge in [-0.15, -0.1) is 0 Å². The molecule has 0 aliphatic heterocycles. The first kappa shape index (κ1) is 20.2. The maximum absolute atomic E-state index is 12.1. The molecule has 30 heavy (non-hydrogen) atoms. The maximum Gasteiger partial charge on any atom is 0.155 e. The Morgan fingerprint density at radius 2 is 1.83 bits per heavy atom. The lowest BCUT2D eigenvalue weighted by Gasteiger charge is -2.58. The lowest BCUT2D eigenvalue weighted by Crippen LogP contribution is -2.54. The van der Waals surface area contributed by atoms with Crippen molar-refractivity contribution in [1.29, 1.82) is 0 Å². The van der Waals surface area contributed by atoms with Crippen molar-refractivity contribution in [3.63, 3.8) is 0 Å². The van der Waals surface area contributed by atoms with Crippen molar-refractivity contribution in [2.24, 2.45) is 29.1 Å². The standard InChI is InChI=1S/C28H36O2/c1-4-14-28(30)15-13-25-23-11-9-20-16-21(29)10-12-22(20)26(23)24(17-27(25,28)3)19-7-5-18(2)6-8-19/h4-8,14,16,22-26,30H,9-13,15,17H2,1-3H3/t22-,23-,24+,25-,26+,27-,28-/m0/s1. The summed E-state index contributed by atoms with van der Waals surface area (Å²) in [5.74, 6) is 3.15. The van der Waals surface area contributed by atoms with E-state index in [-0.39, 0.29) is 5.41 Å². The number of allylic oxidation sites excluding steroid dienone is 2. The van der Waals surface area contributed by atoms with Crippen molar-refractivity contribution in [3.05, 3.63) is 59.2 Å². The minimum Gasteiger partial charge on any atom is -0.385 e. The highest BCUT2D eigenvalue weighted by molar-refractivity contribution is 5.91. The molecule has 7 atom stereocenters. The Hall–Kier alpha value is -1.67. The lowest BCUT2D eigenvalue weighted by molar-refractivity contribution is -0.117. The van der Waals surface area contributed by atoms with Crippen LogP contribution >= 0.6 is 0 Å². The molecule has 160 valence electrons. The molecule has 0 saturated heterocycles. The van der Waals surface area contributed by atoms with Crippen LogP contribution < -0.4 is 0 Å². The Bertz CT molecular complexity index is 894. The van der Waals surface area contributed by atoms with Crippen molar-refractivity contribution in [3.8, 4) is 0 Å². The zero-order valence-corrected chi connectivity index (χ0v) is 18.7. The average molecular weight is 405 g/mol. The first-order valence-corrected chi connectivity index (χ1v) is 12.0. The van der Waals surface area contributed by atoms with Gasteiger partial charge in [0, 0.05) is 11.8 Å². The molecule has 2 heteroatoms. The van der Waals surface area contributed by atoms with Crippen LogP contribution in [0.1, 0.15) is 75.8 Å². The first-order chi connectivity index (χ1) is 14.4. The summed E-state index contributed by atoms with van der Waals surface area (Å²) in [5, 5.41) is 11.8. The topological polar surface area (TPSA) is 37.3 Å². The Morgan fingerprint density at radius 1 is 1.07 bits per heavy atom. The van der Waals surface area contributed by atoms with Crippen LogP contribution in [0.2, 0.25) is 0 Å². The lowest BCUT2D eigenvalue weighted by atomic mass is 9.46. The number of rotatable bonds is 2. The van der Waals surface area contributed by atoms with Crippen LogP contribution in [-0.2, 0) is 4.79 Å². The number of hydrogen-bond donors (Lipinski definition) is 1. The molecule has 4 aliphatic rings. The number of ketones is 1. The van der Waals surface area contributed by atoms with Gasteiger partial charge in [0.1, 0.15) is 0 Å². The molecule has 4 aliphatic carbocycles. The molecule has 0 spiro atoms. The second kappa shape index (κ2) is 7.19. The van der Waals surface area contributed by atoms with Crippen LogP contribution in [0.4, 0.5) is 0 Å². The predicted molar refractivity (Wildman–Crippen MR) is 121 cm³/mol. The third-order valence-electron chi connectivity index (χ3n) is 9.47. The third-order valence-corrected chi connectivity index (χ3v) is 9.47. The van der Waals surface area contributed by atoms with E-state index in [1.54, 1.807) is 0 Å². The van der Waals surface area contributed by atoms with Gasteiger partial charge < -0.3 is 5.11 Å². The summed E-state index contributed by atoms with van der Waals surface area (Å²) in [7, 11) is 0. The quantitative estimate of drug-likeness (QED) is 0.601. The molecule has 0 bridgehead atoms. The zero-order chi connectivity index (χ0) is 21.1. The SMILES string of the molecule is CC=C[C@]1(O)CC[C@H]2[C@@H]3CCC4=CC(=O)CC[C@@H]4[C@H]3[C@@H](c3ccc(C)cc3)C[C@@]21C. The van der Waals surface area contributed by atoms with Gasteiger partial charge in [0.2, 0.25) is 0 Å². The molecule has 0 radical (unpaired) electrons. The van der Waals surface area contributed by atoms with E-state index in [1.807, 2.05) is 13.0 Å². The number of carbonyl (C=O) groups is 1. The van der Waals surface area contributed by atoms with Crippen LogP contribution in [-0.4, -0.2) is 16.5 Å². The van der Waals surface area contributed by atoms with E-state index in [2.05, 4.69) is 50.3 Å². The highest BCUT2D eigenvalue weighted by atomic mass is 16.3. The third kappa shape index (κ3) is 2.90. The van der Waals surface area contributed by atoms with E-state index < -0.39 is 5.60 Å². The molecule has 0 heterocycles. The van der Waals surface area contributed by atoms with Gasteiger partial charge in [-0.2, -0.15) is 0 Å². The fraction of sp³-hybridized carbons (Fsp3) is 0.607. The maximum atomic E-state index is 12.1. The molecule has 1 aromatic carbocycles. The van der Waals surface area contributed by atoms with Gasteiger partial charge in [0.05, 0.1) is 5.60 Å². The van der Waals surface area contributed by atoms with E-state index in [1.165, 1.54) is 23.1 Å². The van der Waals surface area contributed by atoms with Gasteiger partial charge in [0.25, 0.3) is 0 Å². The molecule has 0 amide bonds. The van der Waals surface area contributed by atoms with E-state index in [4.69, 9.17) is 0 Å². The molecule has 3 fully saturated rings. The minimum atomic E-state index is -0.695. The summed E-state index contributed by atoms with van der Waals surface area (Å²) in [4.78, 5) is 12.1. The van der Waals surface area contributed by atoms with Crippen molar-refractivity contribution in [1.82, 2.24) is 0 Å². The Kier molecular flexibility index (Phi) is 4.85. The van der Waals surface area contributed by atoms with Gasteiger partial charge in [-0.1, -0.05) is 54.5 Å². The Morgan fingerprint density at radius 3 is 2.57 bits per heavy atom. The summed E-state index contributed by atoms with van der Waals surface area (Å²) in [5.41, 5.74) is 3.38. The Balaban J connectivity index is 1.61. The summed E-state index contributed by atoms with van der Waals surface area (Å²) in [6.07, 6.45) is 13.2. The number of aliphatic hydroxyl groups is 1.